The summed E-state index contributed by atoms with van der Waals surface area (Å²) in [6.07, 6.45) is 7.52. The molecule has 0 spiro atoms. The van der Waals surface area contributed by atoms with Gasteiger partial charge in [0.15, 0.2) is 0 Å². The van der Waals surface area contributed by atoms with Crippen LogP contribution in [0.3, 0.4) is 0 Å². The van der Waals surface area contributed by atoms with E-state index in [1.165, 1.54) is 0 Å². The second-order valence-corrected chi connectivity index (χ2v) is 18.9. The molecule has 13 atom stereocenters. The molecule has 1 heterocycles. The molecule has 7 nitrogen and oxygen atoms in total. The van der Waals surface area contributed by atoms with E-state index in [0.717, 1.165) is 63.4 Å². The first-order chi connectivity index (χ1) is 22.3. The Kier molecular flexibility index (Phi) is 9.31. The number of aliphatic hydroxyl groups excluding tert-OH is 1. The smallest absolute Gasteiger partial charge is 0.325 e. The number of hydrogen-bond donors (Lipinski definition) is 3. The Morgan fingerprint density at radius 2 is 1.62 bits per heavy atom. The molecule has 1 aromatic carbocycles. The molecule has 48 heavy (non-hydrogen) atoms. The molecular weight excluding hydrogens is 602 g/mol. The standard InChI is InChI=1S/C41H65NO6/c1-25(46-24-26-13-11-10-12-14-26)34(42)35(44)47-31-17-19-38(6)29(36(31,2)3)16-21-39(7)30(38)23-28(43)33-27(15-20-40(33,39)8)41(9)22-18-32(48-41)37(4,5)45/h10-14,25,27-34,43,45H,15-24,42H2,1-9H3/t25-,27+,28-,29+,30-,31+,32-,33+,34+,38+,39-,40-,41+/m1/s1. The van der Waals surface area contributed by atoms with Gasteiger partial charge in [-0.15, -0.1) is 0 Å². The third kappa shape index (κ3) is 5.70. The average molecular weight is 668 g/mol. The Bertz CT molecular complexity index is 1330. The zero-order chi connectivity index (χ0) is 35.1. The van der Waals surface area contributed by atoms with Crippen LogP contribution < -0.4 is 5.73 Å². The van der Waals surface area contributed by atoms with Gasteiger partial charge in [-0.2, -0.15) is 0 Å². The number of esters is 1. The molecule has 5 aliphatic rings. The van der Waals surface area contributed by atoms with E-state index in [-0.39, 0.29) is 63.4 Å². The SMILES string of the molecule is C[C@@H](OCc1ccccc1)[C@H](N)C(=O)O[C@H]1CC[C@]2(C)[C@H]3C[C@@H](O)[C@@H]4[C@@H]([C@]5(C)CC[C@H](C(C)(C)O)O5)CC[C@@]4(C)[C@]3(C)CC[C@H]2C1(C)C. The summed E-state index contributed by atoms with van der Waals surface area (Å²) in [5.74, 6) is 0.827. The molecule has 0 amide bonds. The number of ether oxygens (including phenoxy) is 3. The molecule has 4 aliphatic carbocycles. The van der Waals surface area contributed by atoms with Crippen molar-refractivity contribution in [3.8, 4) is 0 Å². The molecule has 270 valence electrons. The Morgan fingerprint density at radius 1 is 0.958 bits per heavy atom. The number of carbonyl (C=O) groups excluding carboxylic acids is 1. The largest absolute Gasteiger partial charge is 0.461 e. The van der Waals surface area contributed by atoms with Crippen molar-refractivity contribution in [1.29, 1.82) is 0 Å². The van der Waals surface area contributed by atoms with Crippen LogP contribution in [0, 0.1) is 45.3 Å². The lowest BCUT2D eigenvalue weighted by Crippen LogP contribution is -2.67. The molecule has 7 heteroatoms. The zero-order valence-corrected chi connectivity index (χ0v) is 31.3. The molecule has 4 N–H and O–H groups in total. The molecule has 1 aliphatic heterocycles. The fraction of sp³-hybridized carbons (Fsp3) is 0.829. The summed E-state index contributed by atoms with van der Waals surface area (Å²) >= 11 is 0. The van der Waals surface area contributed by atoms with Gasteiger partial charge in [0.25, 0.3) is 0 Å². The van der Waals surface area contributed by atoms with Crippen molar-refractivity contribution < 1.29 is 29.2 Å². The van der Waals surface area contributed by atoms with Gasteiger partial charge in [-0.3, -0.25) is 4.79 Å². The summed E-state index contributed by atoms with van der Waals surface area (Å²) < 4.78 is 19.0. The van der Waals surface area contributed by atoms with Crippen molar-refractivity contribution in [1.82, 2.24) is 0 Å². The second-order valence-electron chi connectivity index (χ2n) is 18.9. The van der Waals surface area contributed by atoms with E-state index in [9.17, 15) is 15.0 Å². The van der Waals surface area contributed by atoms with E-state index in [2.05, 4.69) is 41.5 Å². The van der Waals surface area contributed by atoms with E-state index in [0.29, 0.717) is 18.4 Å². The molecule has 0 aromatic heterocycles. The Morgan fingerprint density at radius 3 is 2.27 bits per heavy atom. The third-order valence-corrected chi connectivity index (χ3v) is 15.6. The highest BCUT2D eigenvalue weighted by Crippen LogP contribution is 2.76. The summed E-state index contributed by atoms with van der Waals surface area (Å²) in [6.45, 7) is 20.3. The normalized spacial score (nSPS) is 45.0. The predicted octanol–water partition coefficient (Wildman–Crippen LogP) is 7.20. The second kappa shape index (κ2) is 12.3. The minimum absolute atomic E-state index is 0.00326. The third-order valence-electron chi connectivity index (χ3n) is 15.6. The van der Waals surface area contributed by atoms with Crippen LogP contribution in [-0.4, -0.2) is 57.8 Å². The van der Waals surface area contributed by atoms with E-state index < -0.39 is 17.7 Å². The lowest BCUT2D eigenvalue weighted by molar-refractivity contribution is -0.251. The van der Waals surface area contributed by atoms with Gasteiger partial charge in [0.2, 0.25) is 0 Å². The summed E-state index contributed by atoms with van der Waals surface area (Å²) in [5, 5.41) is 23.0. The summed E-state index contributed by atoms with van der Waals surface area (Å²) in [4.78, 5) is 13.4. The van der Waals surface area contributed by atoms with Crippen LogP contribution in [-0.2, 0) is 25.6 Å². The molecular formula is C41H65NO6. The number of fused-ring (bicyclic) bond motifs is 5. The van der Waals surface area contributed by atoms with Gasteiger partial charge in [-0.25, -0.2) is 0 Å². The molecule has 1 saturated heterocycles. The van der Waals surface area contributed by atoms with Crippen molar-refractivity contribution in [2.45, 2.75) is 168 Å². The molecule has 1 aromatic rings. The van der Waals surface area contributed by atoms with Gasteiger partial charge >= 0.3 is 5.97 Å². The fourth-order valence-corrected chi connectivity index (χ4v) is 12.6. The summed E-state index contributed by atoms with van der Waals surface area (Å²) in [6, 6.07) is 9.07. The van der Waals surface area contributed by atoms with E-state index in [1.54, 1.807) is 0 Å². The predicted molar refractivity (Wildman–Crippen MR) is 188 cm³/mol. The van der Waals surface area contributed by atoms with Crippen LogP contribution in [0.25, 0.3) is 0 Å². The van der Waals surface area contributed by atoms with E-state index in [1.807, 2.05) is 51.1 Å². The van der Waals surface area contributed by atoms with Crippen molar-refractivity contribution in [3.63, 3.8) is 0 Å². The van der Waals surface area contributed by atoms with Gasteiger partial charge in [0.05, 0.1) is 36.1 Å². The minimum atomic E-state index is -0.867. The first-order valence-corrected chi connectivity index (χ1v) is 19.0. The maximum absolute atomic E-state index is 13.4. The molecule has 0 unspecified atom stereocenters. The zero-order valence-electron chi connectivity index (χ0n) is 31.3. The van der Waals surface area contributed by atoms with E-state index in [4.69, 9.17) is 19.9 Å². The Balaban J connectivity index is 1.16. The number of benzene rings is 1. The monoisotopic (exact) mass is 667 g/mol. The molecule has 6 rings (SSSR count). The van der Waals surface area contributed by atoms with E-state index >= 15 is 0 Å². The summed E-state index contributed by atoms with van der Waals surface area (Å²) in [7, 11) is 0. The van der Waals surface area contributed by atoms with Gasteiger partial charge in [-0.05, 0) is 131 Å². The van der Waals surface area contributed by atoms with Crippen molar-refractivity contribution >= 4 is 5.97 Å². The van der Waals surface area contributed by atoms with Crippen LogP contribution in [0.15, 0.2) is 30.3 Å². The Labute approximate surface area is 290 Å². The molecule has 0 bridgehead atoms. The van der Waals surface area contributed by atoms with Gasteiger partial charge in [0.1, 0.15) is 12.1 Å². The highest BCUT2D eigenvalue weighted by Gasteiger charge is 2.72. The Hall–Kier alpha value is -1.51. The van der Waals surface area contributed by atoms with Gasteiger partial charge in [0, 0.05) is 5.41 Å². The lowest BCUT2D eigenvalue weighted by atomic mass is 9.35. The molecule has 0 radical (unpaired) electrons. The van der Waals surface area contributed by atoms with Gasteiger partial charge in [-0.1, -0.05) is 65.0 Å². The lowest BCUT2D eigenvalue weighted by Gasteiger charge is -2.70. The van der Waals surface area contributed by atoms with Crippen molar-refractivity contribution in [2.24, 2.45) is 51.1 Å². The topological polar surface area (TPSA) is 111 Å². The number of aliphatic hydroxyl groups is 2. The molecule has 4 saturated carbocycles. The quantitative estimate of drug-likeness (QED) is 0.252. The number of rotatable bonds is 8. The van der Waals surface area contributed by atoms with Crippen LogP contribution in [0.1, 0.15) is 126 Å². The van der Waals surface area contributed by atoms with Crippen molar-refractivity contribution in [2.75, 3.05) is 0 Å². The van der Waals surface area contributed by atoms with Crippen LogP contribution in [0.5, 0.6) is 0 Å². The average Bonchev–Trinajstić information content (AvgIpc) is 3.61. The highest BCUT2D eigenvalue weighted by atomic mass is 16.6. The van der Waals surface area contributed by atoms with Crippen LogP contribution >= 0.6 is 0 Å². The van der Waals surface area contributed by atoms with Crippen LogP contribution in [0.4, 0.5) is 0 Å². The minimum Gasteiger partial charge on any atom is -0.461 e. The van der Waals surface area contributed by atoms with Gasteiger partial charge < -0.3 is 30.2 Å². The first kappa shape index (κ1) is 36.3. The maximum Gasteiger partial charge on any atom is 0.325 e. The fourth-order valence-electron chi connectivity index (χ4n) is 12.6. The number of nitrogens with two attached hydrogens (primary N) is 1. The maximum atomic E-state index is 13.4. The van der Waals surface area contributed by atoms with Crippen LogP contribution in [0.2, 0.25) is 0 Å². The molecule has 5 fully saturated rings. The summed E-state index contributed by atoms with van der Waals surface area (Å²) in [5.41, 5.74) is 6.17. The number of carbonyl (C=O) groups is 1. The first-order valence-electron chi connectivity index (χ1n) is 19.0. The van der Waals surface area contributed by atoms with Crippen molar-refractivity contribution in [3.05, 3.63) is 35.9 Å². The highest BCUT2D eigenvalue weighted by molar-refractivity contribution is 5.76. The number of hydrogen-bond acceptors (Lipinski definition) is 7.